The predicted molar refractivity (Wildman–Crippen MR) is 122 cm³/mol. The second-order valence-corrected chi connectivity index (χ2v) is 7.30. The maximum atomic E-state index is 12.7. The van der Waals surface area contributed by atoms with E-state index in [1.807, 2.05) is 36.0 Å². The number of hydrogen-bond donors (Lipinski definition) is 2. The summed E-state index contributed by atoms with van der Waals surface area (Å²) in [6.45, 7) is 1.69. The van der Waals surface area contributed by atoms with E-state index in [9.17, 15) is 9.59 Å². The summed E-state index contributed by atoms with van der Waals surface area (Å²) in [5.41, 5.74) is 9.21. The van der Waals surface area contributed by atoms with Crippen LogP contribution in [0.25, 0.3) is 28.0 Å². The molecule has 0 unspecified atom stereocenters. The fourth-order valence-corrected chi connectivity index (χ4v) is 3.50. The highest BCUT2D eigenvalue weighted by atomic mass is 16.5. The van der Waals surface area contributed by atoms with Gasteiger partial charge in [-0.2, -0.15) is 5.10 Å². The fourth-order valence-electron chi connectivity index (χ4n) is 3.50. The van der Waals surface area contributed by atoms with Crippen molar-refractivity contribution in [3.05, 3.63) is 54.6 Å². The molecule has 0 spiro atoms. The summed E-state index contributed by atoms with van der Waals surface area (Å²) in [6.07, 6.45) is 7.66. The lowest BCUT2D eigenvalue weighted by Gasteiger charge is -2.15. The van der Waals surface area contributed by atoms with Gasteiger partial charge in [-0.3, -0.25) is 29.5 Å². The van der Waals surface area contributed by atoms with Crippen molar-refractivity contribution < 1.29 is 19.1 Å². The van der Waals surface area contributed by atoms with E-state index in [1.165, 1.54) is 14.2 Å². The van der Waals surface area contributed by atoms with Crippen molar-refractivity contribution in [1.29, 1.82) is 0 Å². The van der Waals surface area contributed by atoms with Gasteiger partial charge >= 0.3 is 0 Å². The van der Waals surface area contributed by atoms with E-state index >= 15 is 0 Å². The summed E-state index contributed by atoms with van der Waals surface area (Å²) >= 11 is 0. The number of benzene rings is 1. The number of rotatable bonds is 6. The summed E-state index contributed by atoms with van der Waals surface area (Å²) in [6, 6.07) is 7.43. The average molecular weight is 448 g/mol. The number of hydrazine groups is 1. The van der Waals surface area contributed by atoms with E-state index in [2.05, 4.69) is 20.9 Å². The molecule has 10 heteroatoms. The third-order valence-corrected chi connectivity index (χ3v) is 5.22. The van der Waals surface area contributed by atoms with Crippen LogP contribution in [-0.4, -0.2) is 45.2 Å². The zero-order chi connectivity index (χ0) is 23.5. The topological polar surface area (TPSA) is 112 Å². The average Bonchev–Trinajstić information content (AvgIpc) is 3.47. The molecule has 1 aromatic carbocycles. The molecule has 0 radical (unpaired) electrons. The molecule has 10 nitrogen and oxygen atoms in total. The van der Waals surface area contributed by atoms with Crippen LogP contribution in [0.15, 0.2) is 49.1 Å². The van der Waals surface area contributed by atoms with Crippen molar-refractivity contribution in [2.75, 3.05) is 14.2 Å². The summed E-state index contributed by atoms with van der Waals surface area (Å²) in [7, 11) is 4.81. The van der Waals surface area contributed by atoms with E-state index in [4.69, 9.17) is 9.47 Å². The predicted octanol–water partition coefficient (Wildman–Crippen LogP) is 2.59. The van der Waals surface area contributed by atoms with Crippen LogP contribution in [0, 0.1) is 0 Å². The standard InChI is InChI=1S/C23H24N6O4/c1-5-21(30)26-27-23(31)22-18(32-3)8-15(9-19(22)33-4)17-12-24-20-10-14(6-7-29(17)20)16-11-25-28(2)13-16/h6-13H,5H2,1-4H3,(H,26,30)(H,27,31). The summed E-state index contributed by atoms with van der Waals surface area (Å²) in [5.74, 6) is -0.255. The van der Waals surface area contributed by atoms with E-state index in [0.29, 0.717) is 11.5 Å². The molecule has 0 aliphatic carbocycles. The Morgan fingerprint density at radius 2 is 1.73 bits per heavy atom. The number of fused-ring (bicyclic) bond motifs is 1. The molecule has 0 fully saturated rings. The van der Waals surface area contributed by atoms with Crippen LogP contribution in [0.2, 0.25) is 0 Å². The number of ether oxygens (including phenoxy) is 2. The first kappa shape index (κ1) is 21.9. The lowest BCUT2D eigenvalue weighted by atomic mass is 10.1. The summed E-state index contributed by atoms with van der Waals surface area (Å²) in [4.78, 5) is 28.7. The smallest absolute Gasteiger partial charge is 0.277 e. The van der Waals surface area contributed by atoms with Gasteiger partial charge in [-0.25, -0.2) is 4.98 Å². The Kier molecular flexibility index (Phi) is 5.99. The minimum atomic E-state index is -0.545. The second-order valence-electron chi connectivity index (χ2n) is 7.30. The SMILES string of the molecule is CCC(=O)NNC(=O)c1c(OC)cc(-c2cnc3cc(-c4cnn(C)c4)ccn23)cc1OC. The van der Waals surface area contributed by atoms with E-state index in [0.717, 1.165) is 28.0 Å². The summed E-state index contributed by atoms with van der Waals surface area (Å²) in [5, 5.41) is 4.22. The van der Waals surface area contributed by atoms with Gasteiger partial charge in [0.2, 0.25) is 5.91 Å². The number of amides is 2. The monoisotopic (exact) mass is 448 g/mol. The number of nitrogens with zero attached hydrogens (tertiary/aromatic N) is 4. The van der Waals surface area contributed by atoms with Gasteiger partial charge in [0, 0.05) is 37.0 Å². The maximum absolute atomic E-state index is 12.7. The van der Waals surface area contributed by atoms with Gasteiger partial charge in [0.1, 0.15) is 22.7 Å². The first-order chi connectivity index (χ1) is 15.9. The van der Waals surface area contributed by atoms with Crippen LogP contribution < -0.4 is 20.3 Å². The maximum Gasteiger partial charge on any atom is 0.277 e. The normalized spacial score (nSPS) is 10.8. The first-order valence-electron chi connectivity index (χ1n) is 10.3. The van der Waals surface area contributed by atoms with Crippen LogP contribution in [0.3, 0.4) is 0 Å². The molecule has 3 aromatic heterocycles. The minimum Gasteiger partial charge on any atom is -0.496 e. The Morgan fingerprint density at radius 1 is 1.00 bits per heavy atom. The molecular formula is C23H24N6O4. The quantitative estimate of drug-likeness (QED) is 0.439. The number of carbonyl (C=O) groups excluding carboxylic acids is 2. The fraction of sp³-hybridized carbons (Fsp3) is 0.217. The van der Waals surface area contributed by atoms with Crippen molar-refractivity contribution in [2.45, 2.75) is 13.3 Å². The number of hydrogen-bond acceptors (Lipinski definition) is 6. The molecule has 0 saturated heterocycles. The first-order valence-corrected chi connectivity index (χ1v) is 10.3. The number of imidazole rings is 1. The number of methoxy groups -OCH3 is 2. The van der Waals surface area contributed by atoms with Crippen LogP contribution in [0.1, 0.15) is 23.7 Å². The van der Waals surface area contributed by atoms with E-state index in [1.54, 1.807) is 36.1 Å². The Labute approximate surface area is 190 Å². The lowest BCUT2D eigenvalue weighted by Crippen LogP contribution is -2.41. The molecule has 0 saturated carbocycles. The number of pyridine rings is 1. The molecule has 2 N–H and O–H groups in total. The van der Waals surface area contributed by atoms with Gasteiger partial charge in [-0.1, -0.05) is 6.92 Å². The van der Waals surface area contributed by atoms with Gasteiger partial charge in [-0.05, 0) is 29.8 Å². The van der Waals surface area contributed by atoms with Crippen molar-refractivity contribution in [3.63, 3.8) is 0 Å². The van der Waals surface area contributed by atoms with E-state index < -0.39 is 5.91 Å². The highest BCUT2D eigenvalue weighted by molar-refractivity contribution is 6.01. The Bertz CT molecular complexity index is 1310. The molecule has 0 atom stereocenters. The second kappa shape index (κ2) is 9.03. The van der Waals surface area contributed by atoms with Gasteiger partial charge in [-0.15, -0.1) is 0 Å². The molecule has 0 aliphatic rings. The zero-order valence-electron chi connectivity index (χ0n) is 18.7. The van der Waals surface area contributed by atoms with Crippen LogP contribution in [-0.2, 0) is 11.8 Å². The molecule has 0 bridgehead atoms. The van der Waals surface area contributed by atoms with Gasteiger partial charge < -0.3 is 9.47 Å². The van der Waals surface area contributed by atoms with Crippen LogP contribution >= 0.6 is 0 Å². The van der Waals surface area contributed by atoms with Crippen molar-refractivity contribution in [3.8, 4) is 33.9 Å². The Morgan fingerprint density at radius 3 is 2.33 bits per heavy atom. The Hall–Kier alpha value is -4.34. The van der Waals surface area contributed by atoms with Crippen molar-refractivity contribution >= 4 is 17.5 Å². The molecule has 4 rings (SSSR count). The molecule has 0 aliphatic heterocycles. The van der Waals surface area contributed by atoms with Crippen molar-refractivity contribution in [2.24, 2.45) is 7.05 Å². The molecule has 33 heavy (non-hydrogen) atoms. The molecular weight excluding hydrogens is 424 g/mol. The molecule has 3 heterocycles. The van der Waals surface area contributed by atoms with Crippen LogP contribution in [0.5, 0.6) is 11.5 Å². The van der Waals surface area contributed by atoms with Gasteiger partial charge in [0.05, 0.1) is 32.3 Å². The van der Waals surface area contributed by atoms with Gasteiger partial charge in [0.25, 0.3) is 5.91 Å². The molecule has 2 amide bonds. The minimum absolute atomic E-state index is 0.174. The zero-order valence-corrected chi connectivity index (χ0v) is 18.7. The largest absolute Gasteiger partial charge is 0.496 e. The lowest BCUT2D eigenvalue weighted by molar-refractivity contribution is -0.121. The highest BCUT2D eigenvalue weighted by Crippen LogP contribution is 2.35. The molecule has 4 aromatic rings. The number of carbonyl (C=O) groups is 2. The Balaban J connectivity index is 1.73. The number of aryl methyl sites for hydroxylation is 1. The third-order valence-electron chi connectivity index (χ3n) is 5.22. The molecule has 170 valence electrons. The van der Waals surface area contributed by atoms with Crippen molar-refractivity contribution in [1.82, 2.24) is 30.0 Å². The third kappa shape index (κ3) is 4.22. The summed E-state index contributed by atoms with van der Waals surface area (Å²) < 4.78 is 14.6. The highest BCUT2D eigenvalue weighted by Gasteiger charge is 2.22. The number of aromatic nitrogens is 4. The van der Waals surface area contributed by atoms with Gasteiger partial charge in [0.15, 0.2) is 0 Å². The van der Waals surface area contributed by atoms with E-state index in [-0.39, 0.29) is 17.9 Å². The number of nitrogens with one attached hydrogen (secondary N) is 2. The van der Waals surface area contributed by atoms with Crippen LogP contribution in [0.4, 0.5) is 0 Å².